The summed E-state index contributed by atoms with van der Waals surface area (Å²) in [5, 5.41) is 28.7. The zero-order valence-electron chi connectivity index (χ0n) is 26.3. The number of hydrogen-bond acceptors (Lipinski definition) is 14. The van der Waals surface area contributed by atoms with Gasteiger partial charge in [-0.1, -0.05) is 40.0 Å². The van der Waals surface area contributed by atoms with Crippen molar-refractivity contribution in [2.75, 3.05) is 18.7 Å². The van der Waals surface area contributed by atoms with Crippen LogP contribution in [0.5, 0.6) is 0 Å². The quantitative estimate of drug-likeness (QED) is 0.191. The van der Waals surface area contributed by atoms with Gasteiger partial charge in [-0.25, -0.2) is 14.3 Å². The van der Waals surface area contributed by atoms with E-state index in [-0.39, 0.29) is 29.4 Å². The first-order valence-corrected chi connectivity index (χ1v) is 15.1. The summed E-state index contributed by atoms with van der Waals surface area (Å²) in [5.74, 6) is -1.85. The third-order valence-electron chi connectivity index (χ3n) is 8.13. The number of carbonyl (C=O) groups is 4. The van der Waals surface area contributed by atoms with E-state index in [2.05, 4.69) is 20.1 Å². The van der Waals surface area contributed by atoms with Crippen LogP contribution in [-0.2, 0) is 43.7 Å². The van der Waals surface area contributed by atoms with E-state index in [1.54, 1.807) is 20.8 Å². The number of carbonyl (C=O) groups excluding carboxylic acids is 4. The predicted molar refractivity (Wildman–Crippen MR) is 157 cm³/mol. The molecular formula is C30H40N6O10. The van der Waals surface area contributed by atoms with Crippen molar-refractivity contribution in [1.29, 1.82) is 5.26 Å². The molecule has 2 fully saturated rings. The van der Waals surface area contributed by atoms with Crippen LogP contribution in [-0.4, -0.2) is 81.5 Å². The molecule has 0 radical (unpaired) electrons. The van der Waals surface area contributed by atoms with Crippen LogP contribution in [0.4, 0.5) is 10.6 Å². The van der Waals surface area contributed by atoms with Crippen molar-refractivity contribution in [2.24, 2.45) is 17.1 Å². The minimum absolute atomic E-state index is 0.0183. The second-order valence-corrected chi connectivity index (χ2v) is 12.5. The Morgan fingerprint density at radius 1 is 1.20 bits per heavy atom. The normalized spacial score (nSPS) is 24.1. The number of anilines is 1. The molecule has 0 unspecified atom stereocenters. The van der Waals surface area contributed by atoms with Gasteiger partial charge in [0.1, 0.15) is 42.8 Å². The van der Waals surface area contributed by atoms with E-state index in [4.69, 9.17) is 24.7 Å². The molecule has 0 spiro atoms. The molecule has 1 amide bonds. The second-order valence-electron chi connectivity index (χ2n) is 12.5. The average molecular weight is 645 g/mol. The number of fused-ring (bicyclic) bond motifs is 1. The third kappa shape index (κ3) is 7.72. The number of nitrogens with two attached hydrogens (primary N) is 1. The standard InChI is InChI=1S/C30H40N6O10/c1-17(37)43-16-44-28(41)35-26-19-10-11-21(36(19)34-15-33-26)30(14-31)25(39)23(45-22(38)12-18-8-6-5-7-9-18)20(46-30)13-42-27(40)24(32)29(2,3)4/h10-11,15,18,20,23-25,39H,5-9,12-13,16,32H2,1-4H3,(H,33,34,35,41)/t20-,23-,24-,25-,30+/m1/s1. The number of aliphatic hydroxyl groups is 1. The van der Waals surface area contributed by atoms with Crippen LogP contribution in [0.3, 0.4) is 0 Å². The SMILES string of the molecule is CC(=O)OCOC(=O)Nc1ncnn2c([C@]3(C#N)O[C@H](COC(=O)[C@@H](N)C(C)(C)C)[C@@H](OC(=O)CC4CCCCC4)[C@H]3O)ccc12. The van der Waals surface area contributed by atoms with Crippen molar-refractivity contribution in [3.05, 3.63) is 24.2 Å². The Balaban J connectivity index is 1.61. The number of amides is 1. The first kappa shape index (κ1) is 34.5. The van der Waals surface area contributed by atoms with E-state index < -0.39 is 72.8 Å². The lowest BCUT2D eigenvalue weighted by atomic mass is 9.87. The van der Waals surface area contributed by atoms with Crippen molar-refractivity contribution in [3.63, 3.8) is 0 Å². The van der Waals surface area contributed by atoms with E-state index in [1.807, 2.05) is 6.07 Å². The van der Waals surface area contributed by atoms with E-state index in [0.29, 0.717) is 0 Å². The van der Waals surface area contributed by atoms with Crippen molar-refractivity contribution in [2.45, 2.75) is 96.2 Å². The molecule has 1 aliphatic heterocycles. The summed E-state index contributed by atoms with van der Waals surface area (Å²) < 4.78 is 27.9. The summed E-state index contributed by atoms with van der Waals surface area (Å²) in [7, 11) is 0. The minimum Gasteiger partial charge on any atom is -0.462 e. The molecule has 4 N–H and O–H groups in total. The maximum Gasteiger partial charge on any atom is 0.415 e. The highest BCUT2D eigenvalue weighted by Crippen LogP contribution is 2.42. The van der Waals surface area contributed by atoms with Gasteiger partial charge >= 0.3 is 24.0 Å². The number of rotatable bonds is 10. The smallest absolute Gasteiger partial charge is 0.415 e. The minimum atomic E-state index is -2.16. The van der Waals surface area contributed by atoms with Gasteiger partial charge < -0.3 is 34.5 Å². The highest BCUT2D eigenvalue weighted by Gasteiger charge is 2.60. The molecular weight excluding hydrogens is 604 g/mol. The van der Waals surface area contributed by atoms with Crippen LogP contribution in [0.25, 0.3) is 5.52 Å². The van der Waals surface area contributed by atoms with Gasteiger partial charge in [0.25, 0.3) is 0 Å². The van der Waals surface area contributed by atoms with Gasteiger partial charge in [0, 0.05) is 13.3 Å². The first-order chi connectivity index (χ1) is 21.8. The van der Waals surface area contributed by atoms with Gasteiger partial charge in [0.15, 0.2) is 11.9 Å². The number of nitrogens with zero attached hydrogens (tertiary/aromatic N) is 4. The van der Waals surface area contributed by atoms with Crippen LogP contribution < -0.4 is 11.1 Å². The summed E-state index contributed by atoms with van der Waals surface area (Å²) in [6, 6.07) is 3.91. The van der Waals surface area contributed by atoms with Crippen molar-refractivity contribution in [1.82, 2.24) is 14.6 Å². The molecule has 0 bridgehead atoms. The Hall–Kier alpha value is -4.33. The lowest BCUT2D eigenvalue weighted by Gasteiger charge is -2.26. The number of nitrogens with one attached hydrogen (secondary N) is 1. The molecule has 1 aliphatic carbocycles. The summed E-state index contributed by atoms with van der Waals surface area (Å²) >= 11 is 0. The van der Waals surface area contributed by atoms with Crippen LogP contribution >= 0.6 is 0 Å². The average Bonchev–Trinajstić information content (AvgIpc) is 3.55. The highest BCUT2D eigenvalue weighted by atomic mass is 16.7. The Morgan fingerprint density at radius 3 is 2.57 bits per heavy atom. The van der Waals surface area contributed by atoms with Gasteiger partial charge in [0.05, 0.1) is 5.69 Å². The predicted octanol–water partition coefficient (Wildman–Crippen LogP) is 2.08. The molecule has 250 valence electrons. The molecule has 16 nitrogen and oxygen atoms in total. The van der Waals surface area contributed by atoms with Gasteiger partial charge in [-0.15, -0.1) is 0 Å². The number of nitriles is 1. The first-order valence-electron chi connectivity index (χ1n) is 15.1. The van der Waals surface area contributed by atoms with Gasteiger partial charge in [0.2, 0.25) is 12.4 Å². The zero-order valence-corrected chi connectivity index (χ0v) is 26.3. The zero-order chi connectivity index (χ0) is 33.6. The summed E-state index contributed by atoms with van der Waals surface area (Å²) in [5.41, 5.74) is 3.48. The number of aromatic nitrogens is 3. The molecule has 1 saturated carbocycles. The Bertz CT molecular complexity index is 1480. The maximum atomic E-state index is 13.1. The fourth-order valence-electron chi connectivity index (χ4n) is 5.49. The lowest BCUT2D eigenvalue weighted by Crippen LogP contribution is -2.45. The Morgan fingerprint density at radius 2 is 1.91 bits per heavy atom. The number of esters is 3. The van der Waals surface area contributed by atoms with Gasteiger partial charge in [-0.05, 0) is 36.3 Å². The topological polar surface area (TPSA) is 227 Å². The van der Waals surface area contributed by atoms with Crippen molar-refractivity contribution in [3.8, 4) is 6.07 Å². The molecule has 3 heterocycles. The van der Waals surface area contributed by atoms with Gasteiger partial charge in [-0.3, -0.25) is 19.7 Å². The fourth-order valence-corrected chi connectivity index (χ4v) is 5.49. The molecule has 1 saturated heterocycles. The Kier molecular flexibility index (Phi) is 10.8. The molecule has 16 heteroatoms. The van der Waals surface area contributed by atoms with Crippen LogP contribution in [0, 0.1) is 22.7 Å². The molecule has 2 aromatic rings. The van der Waals surface area contributed by atoms with Crippen molar-refractivity contribution < 1.29 is 48.0 Å². The summed E-state index contributed by atoms with van der Waals surface area (Å²) in [6.45, 7) is 5.37. The van der Waals surface area contributed by atoms with Crippen molar-refractivity contribution >= 4 is 35.3 Å². The maximum absolute atomic E-state index is 13.1. The number of ether oxygens (including phenoxy) is 5. The van der Waals surface area contributed by atoms with Crippen LogP contribution in [0.1, 0.15) is 71.9 Å². The molecule has 2 aliphatic rings. The number of aliphatic hydroxyl groups excluding tert-OH is 1. The summed E-state index contributed by atoms with van der Waals surface area (Å²) in [4.78, 5) is 53.0. The third-order valence-corrected chi connectivity index (χ3v) is 8.13. The summed E-state index contributed by atoms with van der Waals surface area (Å²) in [6.07, 6.45) is 0.750. The second kappa shape index (κ2) is 14.4. The number of hydrogen-bond donors (Lipinski definition) is 3. The van der Waals surface area contributed by atoms with Gasteiger partial charge in [-0.2, -0.15) is 10.4 Å². The monoisotopic (exact) mass is 644 g/mol. The molecule has 46 heavy (non-hydrogen) atoms. The van der Waals surface area contributed by atoms with E-state index in [1.165, 1.54) is 16.6 Å². The molecule has 4 rings (SSSR count). The highest BCUT2D eigenvalue weighted by molar-refractivity contribution is 5.88. The molecule has 2 aromatic heterocycles. The van der Waals surface area contributed by atoms with E-state index in [9.17, 15) is 29.5 Å². The fraction of sp³-hybridized carbons (Fsp3) is 0.633. The lowest BCUT2D eigenvalue weighted by molar-refractivity contribution is -0.162. The van der Waals surface area contributed by atoms with Crippen LogP contribution in [0.2, 0.25) is 0 Å². The van der Waals surface area contributed by atoms with Crippen LogP contribution in [0.15, 0.2) is 18.5 Å². The largest absolute Gasteiger partial charge is 0.462 e. The van der Waals surface area contributed by atoms with E-state index in [0.717, 1.165) is 45.4 Å². The molecule has 0 aromatic carbocycles. The Labute approximate surface area is 265 Å². The van der Waals surface area contributed by atoms with E-state index >= 15 is 0 Å². The molecule has 5 atom stereocenters.